The van der Waals surface area contributed by atoms with Crippen LogP contribution in [0, 0.1) is 0 Å². The van der Waals surface area contributed by atoms with Crippen molar-refractivity contribution in [3.8, 4) is 17.1 Å². The lowest BCUT2D eigenvalue weighted by Crippen LogP contribution is -2.37. The lowest BCUT2D eigenvalue weighted by atomic mass is 9.87. The number of rotatable bonds is 6. The summed E-state index contributed by atoms with van der Waals surface area (Å²) in [6, 6.07) is 15.0. The summed E-state index contributed by atoms with van der Waals surface area (Å²) in [7, 11) is 1.68. The Morgan fingerprint density at radius 1 is 1.13 bits per heavy atom. The lowest BCUT2D eigenvalue weighted by Gasteiger charge is -2.22. The topological polar surface area (TPSA) is 68.5 Å². The molecule has 0 radical (unpaired) electrons. The van der Waals surface area contributed by atoms with Gasteiger partial charge in [-0.3, -0.25) is 4.79 Å². The molecule has 0 fully saturated rings. The van der Waals surface area contributed by atoms with Crippen LogP contribution in [0.1, 0.15) is 39.1 Å². The van der Waals surface area contributed by atoms with Crippen LogP contribution in [-0.2, 0) is 16.8 Å². The van der Waals surface area contributed by atoms with E-state index >= 15 is 0 Å². The van der Waals surface area contributed by atoms with Gasteiger partial charge in [-0.2, -0.15) is 4.98 Å². The smallest absolute Gasteiger partial charge is 0.263 e. The second-order valence-corrected chi connectivity index (χ2v) is 8.68. The van der Waals surface area contributed by atoms with E-state index in [1.165, 1.54) is 10.5 Å². The maximum absolute atomic E-state index is 12.7. The number of nitrogens with zero attached hydrogens (tertiary/aromatic N) is 3. The summed E-state index contributed by atoms with van der Waals surface area (Å²) in [6.45, 7) is 8.37. The van der Waals surface area contributed by atoms with Crippen molar-refractivity contribution in [2.45, 2.75) is 45.8 Å². The summed E-state index contributed by atoms with van der Waals surface area (Å²) < 4.78 is 11.1. The highest BCUT2D eigenvalue weighted by molar-refractivity contribution is 6.30. The Morgan fingerprint density at radius 2 is 1.77 bits per heavy atom. The number of halogens is 1. The molecule has 3 rings (SSSR count). The molecule has 6 nitrogen and oxygen atoms in total. The highest BCUT2D eigenvalue weighted by atomic mass is 35.5. The number of likely N-dealkylation sites (N-methyl/N-ethyl adjacent to an activating group) is 1. The molecule has 1 aromatic heterocycles. The molecule has 1 unspecified atom stereocenters. The van der Waals surface area contributed by atoms with E-state index in [1.54, 1.807) is 26.1 Å². The van der Waals surface area contributed by atoms with Crippen molar-refractivity contribution < 1.29 is 14.1 Å². The first-order chi connectivity index (χ1) is 14.1. The SMILES string of the molecule is CC(Oc1ccc(C(C)(C)C)cc1)C(=O)N(C)Cc1nc(-c2ccc(Cl)cc2)no1. The van der Waals surface area contributed by atoms with E-state index in [0.29, 0.717) is 22.5 Å². The molecule has 1 amide bonds. The van der Waals surface area contributed by atoms with Gasteiger partial charge in [0.15, 0.2) is 6.10 Å². The van der Waals surface area contributed by atoms with Gasteiger partial charge in [0.25, 0.3) is 5.91 Å². The van der Waals surface area contributed by atoms with Crippen LogP contribution < -0.4 is 4.74 Å². The summed E-state index contributed by atoms with van der Waals surface area (Å²) in [5.41, 5.74) is 2.06. The Bertz CT molecular complexity index is 992. The molecule has 158 valence electrons. The lowest BCUT2D eigenvalue weighted by molar-refractivity contribution is -0.137. The fourth-order valence-electron chi connectivity index (χ4n) is 2.91. The van der Waals surface area contributed by atoms with E-state index < -0.39 is 6.10 Å². The van der Waals surface area contributed by atoms with Gasteiger partial charge in [-0.15, -0.1) is 0 Å². The molecule has 0 bridgehead atoms. The average Bonchev–Trinajstić information content (AvgIpc) is 3.16. The monoisotopic (exact) mass is 427 g/mol. The summed E-state index contributed by atoms with van der Waals surface area (Å²) in [5.74, 6) is 1.27. The third-order valence-corrected chi connectivity index (χ3v) is 4.95. The maximum atomic E-state index is 12.7. The quantitative estimate of drug-likeness (QED) is 0.546. The molecule has 0 saturated heterocycles. The number of amides is 1. The molecule has 0 N–H and O–H groups in total. The number of carbonyl (C=O) groups is 1. The van der Waals surface area contributed by atoms with E-state index in [1.807, 2.05) is 36.4 Å². The first-order valence-corrected chi connectivity index (χ1v) is 10.1. The second kappa shape index (κ2) is 8.88. The van der Waals surface area contributed by atoms with Gasteiger partial charge in [0.1, 0.15) is 5.75 Å². The van der Waals surface area contributed by atoms with Crippen LogP contribution >= 0.6 is 11.6 Å². The van der Waals surface area contributed by atoms with Crippen molar-refractivity contribution in [2.24, 2.45) is 0 Å². The number of benzene rings is 2. The predicted molar refractivity (Wildman–Crippen MR) is 116 cm³/mol. The van der Waals surface area contributed by atoms with E-state index in [4.69, 9.17) is 20.9 Å². The van der Waals surface area contributed by atoms with E-state index in [9.17, 15) is 4.79 Å². The minimum atomic E-state index is -0.644. The van der Waals surface area contributed by atoms with E-state index in [0.717, 1.165) is 5.56 Å². The first-order valence-electron chi connectivity index (χ1n) is 9.74. The van der Waals surface area contributed by atoms with E-state index in [-0.39, 0.29) is 17.9 Å². The highest BCUT2D eigenvalue weighted by Crippen LogP contribution is 2.25. The highest BCUT2D eigenvalue weighted by Gasteiger charge is 2.22. The Labute approximate surface area is 181 Å². The molecular formula is C23H26ClN3O3. The third-order valence-electron chi connectivity index (χ3n) is 4.70. The molecule has 0 aliphatic heterocycles. The zero-order valence-electron chi connectivity index (χ0n) is 17.8. The van der Waals surface area contributed by atoms with Gasteiger partial charge >= 0.3 is 0 Å². The largest absolute Gasteiger partial charge is 0.481 e. The molecule has 0 saturated carbocycles. The molecule has 1 heterocycles. The Kier molecular flexibility index (Phi) is 6.46. The average molecular weight is 428 g/mol. The first kappa shape index (κ1) is 21.8. The predicted octanol–water partition coefficient (Wildman–Crippen LogP) is 5.11. The second-order valence-electron chi connectivity index (χ2n) is 8.25. The van der Waals surface area contributed by atoms with Gasteiger partial charge < -0.3 is 14.2 Å². The zero-order chi connectivity index (χ0) is 21.9. The van der Waals surface area contributed by atoms with Gasteiger partial charge in [-0.05, 0) is 54.3 Å². The van der Waals surface area contributed by atoms with Gasteiger partial charge in [0, 0.05) is 17.6 Å². The fourth-order valence-corrected chi connectivity index (χ4v) is 3.04. The molecule has 7 heteroatoms. The normalized spacial score (nSPS) is 12.5. The third kappa shape index (κ3) is 5.39. The molecule has 3 aromatic rings. The summed E-state index contributed by atoms with van der Waals surface area (Å²) in [5, 5.41) is 4.60. The molecule has 1 atom stereocenters. The van der Waals surface area contributed by atoms with Crippen LogP contribution in [0.25, 0.3) is 11.4 Å². The number of hydrogen-bond donors (Lipinski definition) is 0. The maximum Gasteiger partial charge on any atom is 0.263 e. The number of ether oxygens (including phenoxy) is 1. The Morgan fingerprint density at radius 3 is 2.37 bits per heavy atom. The summed E-state index contributed by atoms with van der Waals surface area (Å²) >= 11 is 5.90. The van der Waals surface area contributed by atoms with E-state index in [2.05, 4.69) is 30.9 Å². The van der Waals surface area contributed by atoms with Gasteiger partial charge in [-0.1, -0.05) is 49.7 Å². The van der Waals surface area contributed by atoms with Crippen LogP contribution in [0.3, 0.4) is 0 Å². The van der Waals surface area contributed by atoms with Crippen LogP contribution in [-0.4, -0.2) is 34.1 Å². The fraction of sp³-hybridized carbons (Fsp3) is 0.348. The van der Waals surface area contributed by atoms with Gasteiger partial charge in [0.2, 0.25) is 11.7 Å². The molecule has 2 aromatic carbocycles. The van der Waals surface area contributed by atoms with Gasteiger partial charge in [0.05, 0.1) is 6.54 Å². The number of aromatic nitrogens is 2. The van der Waals surface area contributed by atoms with Gasteiger partial charge in [-0.25, -0.2) is 0 Å². The molecule has 0 aliphatic carbocycles. The molecule has 30 heavy (non-hydrogen) atoms. The van der Waals surface area contributed by atoms with Crippen molar-refractivity contribution >= 4 is 17.5 Å². The minimum absolute atomic E-state index is 0.0646. The number of carbonyl (C=O) groups excluding carboxylic acids is 1. The summed E-state index contributed by atoms with van der Waals surface area (Å²) in [6.07, 6.45) is -0.644. The van der Waals surface area contributed by atoms with Crippen molar-refractivity contribution in [2.75, 3.05) is 7.05 Å². The Hall–Kier alpha value is -2.86. The molecule has 0 spiro atoms. The van der Waals surface area contributed by atoms with Crippen LogP contribution in [0.5, 0.6) is 5.75 Å². The number of hydrogen-bond acceptors (Lipinski definition) is 5. The standard InChI is InChI=1S/C23H26ClN3O3/c1-15(29-19-12-8-17(9-13-19)23(2,3)4)22(28)27(5)14-20-25-21(26-30-20)16-6-10-18(24)11-7-16/h6-13,15H,14H2,1-5H3. The van der Waals surface area contributed by atoms with Crippen LogP contribution in [0.4, 0.5) is 0 Å². The van der Waals surface area contributed by atoms with Crippen LogP contribution in [0.2, 0.25) is 5.02 Å². The zero-order valence-corrected chi connectivity index (χ0v) is 18.6. The summed E-state index contributed by atoms with van der Waals surface area (Å²) in [4.78, 5) is 18.5. The molecular weight excluding hydrogens is 402 g/mol. The van der Waals surface area contributed by atoms with Crippen LogP contribution in [0.15, 0.2) is 53.1 Å². The van der Waals surface area contributed by atoms with Crippen molar-refractivity contribution in [1.82, 2.24) is 15.0 Å². The van der Waals surface area contributed by atoms with Crippen molar-refractivity contribution in [1.29, 1.82) is 0 Å². The van der Waals surface area contributed by atoms with Crippen molar-refractivity contribution in [3.05, 3.63) is 65.0 Å². The molecule has 0 aliphatic rings. The Balaban J connectivity index is 1.59. The minimum Gasteiger partial charge on any atom is -0.481 e. The van der Waals surface area contributed by atoms with Crippen molar-refractivity contribution in [3.63, 3.8) is 0 Å².